The number of rotatable bonds is 5. The van der Waals surface area contributed by atoms with Gasteiger partial charge in [-0.2, -0.15) is 0 Å². The van der Waals surface area contributed by atoms with Crippen LogP contribution in [0.5, 0.6) is 0 Å². The number of hydrogen-bond donors (Lipinski definition) is 3. The van der Waals surface area contributed by atoms with Crippen LogP contribution in [-0.2, 0) is 6.42 Å². The Balaban J connectivity index is 1.51. The van der Waals surface area contributed by atoms with E-state index in [0.29, 0.717) is 18.9 Å². The van der Waals surface area contributed by atoms with E-state index in [2.05, 4.69) is 26.7 Å². The molecule has 1 heterocycles. The number of aromatic amines is 1. The molecule has 5 nitrogen and oxygen atoms in total. The summed E-state index contributed by atoms with van der Waals surface area (Å²) in [5, 5.41) is 7.08. The number of aromatic nitrogens is 1. The molecule has 0 fully saturated rings. The largest absolute Gasteiger partial charge is 0.361 e. The first-order chi connectivity index (χ1) is 15.1. The summed E-state index contributed by atoms with van der Waals surface area (Å²) in [6.45, 7) is 2.48. The fraction of sp³-hybridized carbons (Fsp3) is 0.120. The Hall–Kier alpha value is -3.93. The van der Waals surface area contributed by atoms with Crippen molar-refractivity contribution in [2.24, 2.45) is 4.99 Å². The van der Waals surface area contributed by atoms with Gasteiger partial charge in [0.2, 0.25) is 5.96 Å². The standard InChI is InChI=1S/C25H23FN4O/c1-17-9-11-21(12-10-17)29-25(30-24(31)18-5-4-6-20(26)15-18)27-14-13-19-16-28-23-8-3-2-7-22(19)23/h2-12,15-16,28H,13-14H2,1H3,(H2,27,29,30,31). The molecule has 1 amide bonds. The van der Waals surface area contributed by atoms with Gasteiger partial charge >= 0.3 is 0 Å². The summed E-state index contributed by atoms with van der Waals surface area (Å²) in [7, 11) is 0. The molecule has 3 aromatic carbocycles. The molecule has 6 heteroatoms. The van der Waals surface area contributed by atoms with Gasteiger partial charge in [-0.3, -0.25) is 15.1 Å². The fourth-order valence-corrected chi connectivity index (χ4v) is 3.32. The van der Waals surface area contributed by atoms with E-state index < -0.39 is 11.7 Å². The Morgan fingerprint density at radius 1 is 1.03 bits per heavy atom. The minimum atomic E-state index is -0.461. The smallest absolute Gasteiger partial charge is 0.258 e. The number of carbonyl (C=O) groups is 1. The van der Waals surface area contributed by atoms with Gasteiger partial charge in [0.1, 0.15) is 5.82 Å². The predicted octanol–water partition coefficient (Wildman–Crippen LogP) is 5.06. The highest BCUT2D eigenvalue weighted by atomic mass is 19.1. The molecule has 4 rings (SSSR count). The van der Waals surface area contributed by atoms with Gasteiger partial charge in [0.05, 0.1) is 0 Å². The molecule has 0 aliphatic rings. The highest BCUT2D eigenvalue weighted by molar-refractivity contribution is 6.10. The van der Waals surface area contributed by atoms with E-state index in [1.807, 2.05) is 55.6 Å². The van der Waals surface area contributed by atoms with Gasteiger partial charge in [-0.25, -0.2) is 4.39 Å². The quantitative estimate of drug-likeness (QED) is 0.316. The van der Waals surface area contributed by atoms with Crippen LogP contribution in [0.4, 0.5) is 10.1 Å². The SMILES string of the molecule is Cc1ccc(NC(=NCCc2c[nH]c3ccccc23)NC(=O)c2cccc(F)c2)cc1. The molecule has 156 valence electrons. The van der Waals surface area contributed by atoms with Crippen LogP contribution in [0.15, 0.2) is 84.0 Å². The first-order valence-corrected chi connectivity index (χ1v) is 10.1. The number of hydrogen-bond acceptors (Lipinski definition) is 2. The minimum Gasteiger partial charge on any atom is -0.361 e. The molecule has 0 bridgehead atoms. The van der Waals surface area contributed by atoms with Crippen molar-refractivity contribution in [3.63, 3.8) is 0 Å². The van der Waals surface area contributed by atoms with Gasteiger partial charge in [0.25, 0.3) is 5.91 Å². The van der Waals surface area contributed by atoms with Gasteiger partial charge in [-0.05, 0) is 55.3 Å². The van der Waals surface area contributed by atoms with Crippen LogP contribution in [0.2, 0.25) is 0 Å². The van der Waals surface area contributed by atoms with E-state index in [9.17, 15) is 9.18 Å². The van der Waals surface area contributed by atoms with E-state index >= 15 is 0 Å². The number of nitrogens with one attached hydrogen (secondary N) is 3. The Bertz CT molecular complexity index is 1230. The zero-order valence-corrected chi connectivity index (χ0v) is 17.2. The first kappa shape index (κ1) is 20.3. The van der Waals surface area contributed by atoms with Crippen molar-refractivity contribution < 1.29 is 9.18 Å². The second-order valence-corrected chi connectivity index (χ2v) is 7.30. The van der Waals surface area contributed by atoms with Crippen molar-refractivity contribution in [3.05, 3.63) is 102 Å². The summed E-state index contributed by atoms with van der Waals surface area (Å²) >= 11 is 0. The summed E-state index contributed by atoms with van der Waals surface area (Å²) in [6, 6.07) is 21.5. The zero-order valence-electron chi connectivity index (χ0n) is 17.2. The monoisotopic (exact) mass is 414 g/mol. The number of amides is 1. The molecule has 1 aromatic heterocycles. The number of fused-ring (bicyclic) bond motifs is 1. The molecular formula is C25H23FN4O. The molecule has 3 N–H and O–H groups in total. The number of para-hydroxylation sites is 1. The van der Waals surface area contributed by atoms with Crippen LogP contribution in [-0.4, -0.2) is 23.4 Å². The lowest BCUT2D eigenvalue weighted by molar-refractivity contribution is 0.0976. The van der Waals surface area contributed by atoms with Crippen LogP contribution >= 0.6 is 0 Å². The highest BCUT2D eigenvalue weighted by Crippen LogP contribution is 2.18. The van der Waals surface area contributed by atoms with E-state index in [0.717, 1.165) is 27.7 Å². The third-order valence-corrected chi connectivity index (χ3v) is 4.96. The highest BCUT2D eigenvalue weighted by Gasteiger charge is 2.11. The summed E-state index contributed by atoms with van der Waals surface area (Å²) in [5.74, 6) is -0.570. The van der Waals surface area contributed by atoms with Crippen molar-refractivity contribution in [3.8, 4) is 0 Å². The third kappa shape index (κ3) is 5.17. The molecule has 0 unspecified atom stereocenters. The van der Waals surface area contributed by atoms with Gasteiger partial charge in [0.15, 0.2) is 0 Å². The number of H-pyrrole nitrogens is 1. The number of carbonyl (C=O) groups excluding carboxylic acids is 1. The number of benzene rings is 3. The topological polar surface area (TPSA) is 69.3 Å². The average Bonchev–Trinajstić information content (AvgIpc) is 3.18. The molecule has 0 aliphatic heterocycles. The van der Waals surface area contributed by atoms with Crippen LogP contribution < -0.4 is 10.6 Å². The molecule has 0 spiro atoms. The fourth-order valence-electron chi connectivity index (χ4n) is 3.32. The van der Waals surface area contributed by atoms with Crippen molar-refractivity contribution in [1.82, 2.24) is 10.3 Å². The molecular weight excluding hydrogens is 391 g/mol. The van der Waals surface area contributed by atoms with Crippen molar-refractivity contribution >= 4 is 28.5 Å². The molecule has 0 radical (unpaired) electrons. The van der Waals surface area contributed by atoms with Crippen LogP contribution in [0.3, 0.4) is 0 Å². The molecule has 0 saturated heterocycles. The molecule has 31 heavy (non-hydrogen) atoms. The minimum absolute atomic E-state index is 0.232. The number of nitrogens with zero attached hydrogens (tertiary/aromatic N) is 1. The first-order valence-electron chi connectivity index (χ1n) is 10.1. The van der Waals surface area contributed by atoms with Crippen LogP contribution in [0.1, 0.15) is 21.5 Å². The van der Waals surface area contributed by atoms with E-state index in [4.69, 9.17) is 0 Å². The maximum absolute atomic E-state index is 13.5. The Kier molecular flexibility index (Phi) is 6.08. The summed E-state index contributed by atoms with van der Waals surface area (Å²) in [4.78, 5) is 20.5. The maximum atomic E-state index is 13.5. The lowest BCUT2D eigenvalue weighted by Gasteiger charge is -2.12. The Morgan fingerprint density at radius 3 is 2.65 bits per heavy atom. The van der Waals surface area contributed by atoms with Gasteiger partial charge in [-0.15, -0.1) is 0 Å². The second kappa shape index (κ2) is 9.26. The van der Waals surface area contributed by atoms with Gasteiger partial charge < -0.3 is 10.3 Å². The summed E-state index contributed by atoms with van der Waals surface area (Å²) in [5.41, 5.74) is 4.41. The maximum Gasteiger partial charge on any atom is 0.258 e. The van der Waals surface area contributed by atoms with Gasteiger partial charge in [-0.1, -0.05) is 42.0 Å². The van der Waals surface area contributed by atoms with E-state index in [1.54, 1.807) is 6.07 Å². The Labute approximate surface area is 180 Å². The van der Waals surface area contributed by atoms with Crippen LogP contribution in [0, 0.1) is 12.7 Å². The molecule has 4 aromatic rings. The van der Waals surface area contributed by atoms with Gasteiger partial charge in [0, 0.05) is 34.9 Å². The van der Waals surface area contributed by atoms with Crippen molar-refractivity contribution in [2.75, 3.05) is 11.9 Å². The summed E-state index contributed by atoms with van der Waals surface area (Å²) < 4.78 is 13.5. The number of guanidine groups is 1. The van der Waals surface area contributed by atoms with Crippen molar-refractivity contribution in [2.45, 2.75) is 13.3 Å². The zero-order chi connectivity index (χ0) is 21.6. The molecule has 0 saturated carbocycles. The number of aryl methyl sites for hydroxylation is 1. The van der Waals surface area contributed by atoms with E-state index in [1.165, 1.54) is 18.2 Å². The van der Waals surface area contributed by atoms with Crippen molar-refractivity contribution in [1.29, 1.82) is 0 Å². The number of anilines is 1. The second-order valence-electron chi connectivity index (χ2n) is 7.30. The lowest BCUT2D eigenvalue weighted by atomic mass is 10.1. The average molecular weight is 414 g/mol. The number of halogens is 1. The summed E-state index contributed by atoms with van der Waals surface area (Å²) in [6.07, 6.45) is 2.69. The van der Waals surface area contributed by atoms with E-state index in [-0.39, 0.29) is 5.56 Å². The number of aliphatic imine (C=N–C) groups is 1. The Morgan fingerprint density at radius 2 is 1.84 bits per heavy atom. The third-order valence-electron chi connectivity index (χ3n) is 4.96. The molecule has 0 aliphatic carbocycles. The predicted molar refractivity (Wildman–Crippen MR) is 123 cm³/mol. The lowest BCUT2D eigenvalue weighted by Crippen LogP contribution is -2.36. The van der Waals surface area contributed by atoms with Crippen LogP contribution in [0.25, 0.3) is 10.9 Å². The normalized spacial score (nSPS) is 11.5. The molecule has 0 atom stereocenters.